The summed E-state index contributed by atoms with van der Waals surface area (Å²) in [5.41, 5.74) is 1.16. The Morgan fingerprint density at radius 3 is 3.25 bits per heavy atom. The zero-order valence-electron chi connectivity index (χ0n) is 11.1. The first kappa shape index (κ1) is 12.2. The summed E-state index contributed by atoms with van der Waals surface area (Å²) in [5.74, 6) is 0.205. The lowest BCUT2D eigenvalue weighted by Gasteiger charge is -2.21. The molecule has 1 amide bonds. The predicted molar refractivity (Wildman–Crippen MR) is 77.4 cm³/mol. The number of nitrogens with one attached hydrogen (secondary N) is 1. The van der Waals surface area contributed by atoms with E-state index in [4.69, 9.17) is 0 Å². The summed E-state index contributed by atoms with van der Waals surface area (Å²) in [7, 11) is 0. The molecule has 2 aliphatic heterocycles. The molecule has 2 saturated heterocycles. The van der Waals surface area contributed by atoms with Gasteiger partial charge in [-0.05, 0) is 25.1 Å². The molecule has 0 bridgehead atoms. The van der Waals surface area contributed by atoms with Gasteiger partial charge in [0.1, 0.15) is 15.4 Å². The van der Waals surface area contributed by atoms with Crippen LogP contribution >= 0.6 is 11.3 Å². The van der Waals surface area contributed by atoms with Gasteiger partial charge in [-0.3, -0.25) is 9.69 Å². The lowest BCUT2D eigenvalue weighted by Crippen LogP contribution is -2.28. The third-order valence-corrected chi connectivity index (χ3v) is 5.25. The Kier molecular flexibility index (Phi) is 2.75. The first-order chi connectivity index (χ1) is 9.72. The molecule has 2 aromatic rings. The summed E-state index contributed by atoms with van der Waals surface area (Å²) in [6.45, 7) is 3.76. The van der Waals surface area contributed by atoms with Crippen molar-refractivity contribution in [1.82, 2.24) is 20.2 Å². The van der Waals surface area contributed by atoms with Crippen molar-refractivity contribution < 1.29 is 4.79 Å². The number of carbonyl (C=O) groups is 1. The second-order valence-corrected chi connectivity index (χ2v) is 6.91. The maximum atomic E-state index is 11.4. The van der Waals surface area contributed by atoms with E-state index in [1.165, 1.54) is 0 Å². The first-order valence-corrected chi connectivity index (χ1v) is 7.74. The molecule has 2 fully saturated rings. The van der Waals surface area contributed by atoms with Gasteiger partial charge in [-0.15, -0.1) is 0 Å². The fourth-order valence-electron chi connectivity index (χ4n) is 3.28. The number of aromatic nitrogens is 2. The van der Waals surface area contributed by atoms with Crippen molar-refractivity contribution in [2.75, 3.05) is 19.6 Å². The number of hydrogen-bond acceptors (Lipinski definition) is 5. The molecule has 1 spiro atoms. The van der Waals surface area contributed by atoms with Crippen molar-refractivity contribution in [1.29, 1.82) is 0 Å². The molecule has 1 unspecified atom stereocenters. The Labute approximate surface area is 121 Å². The number of nitrogens with zero attached hydrogens (tertiary/aromatic N) is 3. The van der Waals surface area contributed by atoms with E-state index in [-0.39, 0.29) is 11.3 Å². The van der Waals surface area contributed by atoms with Gasteiger partial charge in [0.15, 0.2) is 0 Å². The van der Waals surface area contributed by atoms with Crippen molar-refractivity contribution >= 4 is 27.6 Å². The van der Waals surface area contributed by atoms with Crippen LogP contribution in [-0.2, 0) is 11.3 Å². The quantitative estimate of drug-likeness (QED) is 0.907. The molecule has 2 aliphatic rings. The van der Waals surface area contributed by atoms with Crippen molar-refractivity contribution in [3.8, 4) is 0 Å². The minimum absolute atomic E-state index is 0.173. The van der Waals surface area contributed by atoms with Gasteiger partial charge in [-0.1, -0.05) is 11.3 Å². The van der Waals surface area contributed by atoms with Crippen LogP contribution in [-0.4, -0.2) is 40.4 Å². The summed E-state index contributed by atoms with van der Waals surface area (Å²) >= 11 is 1.67. The van der Waals surface area contributed by atoms with Gasteiger partial charge >= 0.3 is 0 Å². The molecular formula is C14H16N4OS. The highest BCUT2D eigenvalue weighted by Gasteiger charge is 2.43. The average molecular weight is 288 g/mol. The van der Waals surface area contributed by atoms with Gasteiger partial charge in [0.2, 0.25) is 5.91 Å². The number of pyridine rings is 1. The number of thiazole rings is 1. The third kappa shape index (κ3) is 2.09. The summed E-state index contributed by atoms with van der Waals surface area (Å²) in [6, 6.07) is 3.93. The number of hydrogen-bond donors (Lipinski definition) is 1. The average Bonchev–Trinajstić information content (AvgIpc) is 3.10. The molecule has 4 rings (SSSR count). The van der Waals surface area contributed by atoms with Crippen LogP contribution in [0.4, 0.5) is 0 Å². The highest BCUT2D eigenvalue weighted by atomic mass is 32.1. The number of fused-ring (bicyclic) bond motifs is 1. The Hall–Kier alpha value is -1.53. The van der Waals surface area contributed by atoms with Crippen LogP contribution in [0.2, 0.25) is 0 Å². The molecule has 104 valence electrons. The molecule has 0 aliphatic carbocycles. The minimum Gasteiger partial charge on any atom is -0.355 e. The largest absolute Gasteiger partial charge is 0.355 e. The van der Waals surface area contributed by atoms with Crippen LogP contribution in [0.25, 0.3) is 10.3 Å². The summed E-state index contributed by atoms with van der Waals surface area (Å²) in [5, 5.41) is 4.09. The van der Waals surface area contributed by atoms with E-state index in [0.29, 0.717) is 6.42 Å². The molecule has 6 heteroatoms. The van der Waals surface area contributed by atoms with Crippen molar-refractivity contribution in [3.05, 3.63) is 23.3 Å². The van der Waals surface area contributed by atoms with E-state index in [0.717, 1.165) is 48.0 Å². The molecule has 2 aromatic heterocycles. The smallest absolute Gasteiger partial charge is 0.220 e. The monoisotopic (exact) mass is 288 g/mol. The second-order valence-electron chi connectivity index (χ2n) is 5.85. The van der Waals surface area contributed by atoms with Crippen LogP contribution in [0.15, 0.2) is 18.3 Å². The third-order valence-electron chi connectivity index (χ3n) is 4.28. The van der Waals surface area contributed by atoms with Crippen LogP contribution in [0.5, 0.6) is 0 Å². The molecule has 4 heterocycles. The molecule has 0 aromatic carbocycles. The van der Waals surface area contributed by atoms with Crippen molar-refractivity contribution in [2.45, 2.75) is 19.4 Å². The SMILES string of the molecule is O=C1CC2(CCN(Cc3nc4cccnc4s3)C2)CN1. The summed E-state index contributed by atoms with van der Waals surface area (Å²) in [6.07, 6.45) is 3.60. The highest BCUT2D eigenvalue weighted by molar-refractivity contribution is 7.18. The van der Waals surface area contributed by atoms with E-state index in [1.807, 2.05) is 18.3 Å². The van der Waals surface area contributed by atoms with Crippen LogP contribution in [0.1, 0.15) is 17.8 Å². The first-order valence-electron chi connectivity index (χ1n) is 6.92. The minimum atomic E-state index is 0.173. The van der Waals surface area contributed by atoms with E-state index < -0.39 is 0 Å². The zero-order valence-corrected chi connectivity index (χ0v) is 11.9. The van der Waals surface area contributed by atoms with Gasteiger partial charge in [-0.2, -0.15) is 0 Å². The van der Waals surface area contributed by atoms with Crippen LogP contribution in [0, 0.1) is 5.41 Å². The van der Waals surface area contributed by atoms with Crippen molar-refractivity contribution in [3.63, 3.8) is 0 Å². The van der Waals surface area contributed by atoms with E-state index in [1.54, 1.807) is 11.3 Å². The normalized spacial score (nSPS) is 26.7. The number of amides is 1. The highest BCUT2D eigenvalue weighted by Crippen LogP contribution is 2.37. The van der Waals surface area contributed by atoms with Crippen molar-refractivity contribution in [2.24, 2.45) is 5.41 Å². The fourth-order valence-corrected chi connectivity index (χ4v) is 4.22. The second kappa shape index (κ2) is 4.49. The molecular weight excluding hydrogens is 272 g/mol. The molecule has 1 N–H and O–H groups in total. The number of carbonyl (C=O) groups excluding carboxylic acids is 1. The van der Waals surface area contributed by atoms with Gasteiger partial charge in [0, 0.05) is 31.1 Å². The van der Waals surface area contributed by atoms with E-state index in [2.05, 4.69) is 20.2 Å². The Bertz CT molecular complexity index is 637. The lowest BCUT2D eigenvalue weighted by molar-refractivity contribution is -0.119. The van der Waals surface area contributed by atoms with E-state index >= 15 is 0 Å². The number of rotatable bonds is 2. The standard InChI is InChI=1S/C14H16N4OS/c19-11-6-14(8-16-11)3-5-18(9-14)7-12-17-10-2-1-4-15-13(10)20-12/h1-2,4H,3,5-9H2,(H,16,19). The van der Waals surface area contributed by atoms with E-state index in [9.17, 15) is 4.79 Å². The van der Waals surface area contributed by atoms with Crippen LogP contribution in [0.3, 0.4) is 0 Å². The lowest BCUT2D eigenvalue weighted by atomic mass is 9.86. The molecule has 1 atom stereocenters. The van der Waals surface area contributed by atoms with Gasteiger partial charge in [-0.25, -0.2) is 9.97 Å². The molecule has 5 nitrogen and oxygen atoms in total. The van der Waals surface area contributed by atoms with Crippen LogP contribution < -0.4 is 5.32 Å². The predicted octanol–water partition coefficient (Wildman–Crippen LogP) is 1.40. The summed E-state index contributed by atoms with van der Waals surface area (Å²) in [4.78, 5) is 23.8. The Morgan fingerprint density at radius 1 is 1.50 bits per heavy atom. The zero-order chi connectivity index (χ0) is 13.6. The maximum absolute atomic E-state index is 11.4. The molecule has 0 saturated carbocycles. The topological polar surface area (TPSA) is 58.1 Å². The maximum Gasteiger partial charge on any atom is 0.220 e. The summed E-state index contributed by atoms with van der Waals surface area (Å²) < 4.78 is 0. The Balaban J connectivity index is 1.48. The molecule has 0 radical (unpaired) electrons. The fraction of sp³-hybridized carbons (Fsp3) is 0.500. The van der Waals surface area contributed by atoms with Gasteiger partial charge in [0.25, 0.3) is 0 Å². The van der Waals surface area contributed by atoms with Gasteiger partial charge in [0.05, 0.1) is 6.54 Å². The molecule has 20 heavy (non-hydrogen) atoms. The number of likely N-dealkylation sites (tertiary alicyclic amines) is 1. The van der Waals surface area contributed by atoms with Gasteiger partial charge < -0.3 is 5.32 Å². The Morgan fingerprint density at radius 2 is 2.45 bits per heavy atom.